The van der Waals surface area contributed by atoms with Gasteiger partial charge in [0.15, 0.2) is 0 Å². The Bertz CT molecular complexity index is 865. The van der Waals surface area contributed by atoms with Gasteiger partial charge >= 0.3 is 0 Å². The fourth-order valence-electron chi connectivity index (χ4n) is 2.38. The molecule has 0 saturated carbocycles. The Balaban J connectivity index is 1.78. The van der Waals surface area contributed by atoms with Crippen molar-refractivity contribution in [3.05, 3.63) is 58.1 Å². The zero-order valence-corrected chi connectivity index (χ0v) is 14.3. The van der Waals surface area contributed by atoms with Crippen molar-refractivity contribution in [1.82, 2.24) is 15.2 Å². The van der Waals surface area contributed by atoms with E-state index in [9.17, 15) is 4.79 Å². The van der Waals surface area contributed by atoms with E-state index in [1.165, 1.54) is 4.90 Å². The molecule has 3 aromatic rings. The number of aryl methyl sites for hydroxylation is 2. The SMILES string of the molecule is Cc1noc(C)c1CN(C)C(=O)c1cc(-c2cccc(Cl)c2)no1. The summed E-state index contributed by atoms with van der Waals surface area (Å²) in [4.78, 5) is 14.1. The molecule has 24 heavy (non-hydrogen) atoms. The van der Waals surface area contributed by atoms with Gasteiger partial charge in [-0.15, -0.1) is 0 Å². The fraction of sp³-hybridized carbons (Fsp3) is 0.235. The number of carbonyl (C=O) groups is 1. The van der Waals surface area contributed by atoms with Gasteiger partial charge in [-0.25, -0.2) is 0 Å². The van der Waals surface area contributed by atoms with Crippen LogP contribution in [0.2, 0.25) is 5.02 Å². The first-order chi connectivity index (χ1) is 11.5. The predicted octanol–water partition coefficient (Wildman–Crippen LogP) is 3.87. The number of amides is 1. The molecule has 0 saturated heterocycles. The van der Waals surface area contributed by atoms with Crippen LogP contribution in [0.1, 0.15) is 27.6 Å². The van der Waals surface area contributed by atoms with Gasteiger partial charge in [0.05, 0.1) is 12.2 Å². The van der Waals surface area contributed by atoms with E-state index in [4.69, 9.17) is 20.6 Å². The van der Waals surface area contributed by atoms with Gasteiger partial charge in [0, 0.05) is 29.3 Å². The molecule has 0 N–H and O–H groups in total. The van der Waals surface area contributed by atoms with Crippen molar-refractivity contribution >= 4 is 17.5 Å². The lowest BCUT2D eigenvalue weighted by Crippen LogP contribution is -2.26. The van der Waals surface area contributed by atoms with Gasteiger partial charge in [0.25, 0.3) is 5.91 Å². The van der Waals surface area contributed by atoms with E-state index in [2.05, 4.69) is 10.3 Å². The summed E-state index contributed by atoms with van der Waals surface area (Å²) in [5.74, 6) is 0.597. The van der Waals surface area contributed by atoms with Crippen molar-refractivity contribution in [2.75, 3.05) is 7.05 Å². The molecule has 0 aliphatic carbocycles. The minimum absolute atomic E-state index is 0.166. The molecule has 6 nitrogen and oxygen atoms in total. The van der Waals surface area contributed by atoms with Gasteiger partial charge in [-0.2, -0.15) is 0 Å². The highest BCUT2D eigenvalue weighted by Gasteiger charge is 2.21. The quantitative estimate of drug-likeness (QED) is 0.717. The maximum atomic E-state index is 12.5. The second kappa shape index (κ2) is 6.49. The number of nitrogens with zero attached hydrogens (tertiary/aromatic N) is 3. The highest BCUT2D eigenvalue weighted by Crippen LogP contribution is 2.23. The molecule has 0 bridgehead atoms. The van der Waals surface area contributed by atoms with E-state index in [1.807, 2.05) is 26.0 Å². The number of rotatable bonds is 4. The highest BCUT2D eigenvalue weighted by atomic mass is 35.5. The Labute approximate surface area is 144 Å². The van der Waals surface area contributed by atoms with E-state index in [0.717, 1.165) is 16.8 Å². The smallest absolute Gasteiger partial charge is 0.292 e. The van der Waals surface area contributed by atoms with Crippen molar-refractivity contribution < 1.29 is 13.8 Å². The van der Waals surface area contributed by atoms with Crippen LogP contribution >= 0.6 is 11.6 Å². The van der Waals surface area contributed by atoms with E-state index < -0.39 is 0 Å². The zero-order valence-electron chi connectivity index (χ0n) is 13.5. The standard InChI is InChI=1S/C17H16ClN3O3/c1-10-14(11(2)23-19-10)9-21(3)17(22)16-8-15(20-24-16)12-5-4-6-13(18)7-12/h4-8H,9H2,1-3H3. The molecule has 2 aromatic heterocycles. The number of hydrogen-bond donors (Lipinski definition) is 0. The third-order valence-corrected chi connectivity index (χ3v) is 4.00. The van der Waals surface area contributed by atoms with Crippen molar-refractivity contribution in [2.45, 2.75) is 20.4 Å². The van der Waals surface area contributed by atoms with Crippen LogP contribution in [0.4, 0.5) is 0 Å². The van der Waals surface area contributed by atoms with E-state index in [-0.39, 0.29) is 11.7 Å². The van der Waals surface area contributed by atoms with Gasteiger partial charge in [0.2, 0.25) is 5.76 Å². The number of carbonyl (C=O) groups excluding carboxylic acids is 1. The van der Waals surface area contributed by atoms with Gasteiger partial charge in [-0.1, -0.05) is 34.0 Å². The molecular formula is C17H16ClN3O3. The Kier molecular flexibility index (Phi) is 4.40. The van der Waals surface area contributed by atoms with Crippen LogP contribution in [0.3, 0.4) is 0 Å². The average molecular weight is 346 g/mol. The molecule has 1 amide bonds. The summed E-state index contributed by atoms with van der Waals surface area (Å²) < 4.78 is 10.3. The largest absolute Gasteiger partial charge is 0.361 e. The molecule has 0 radical (unpaired) electrons. The zero-order chi connectivity index (χ0) is 17.3. The van der Waals surface area contributed by atoms with E-state index >= 15 is 0 Å². The molecule has 2 heterocycles. The molecule has 7 heteroatoms. The Morgan fingerprint density at radius 1 is 1.21 bits per heavy atom. The third kappa shape index (κ3) is 3.19. The molecule has 0 fully saturated rings. The van der Waals surface area contributed by atoms with Crippen LogP contribution in [0.25, 0.3) is 11.3 Å². The maximum Gasteiger partial charge on any atom is 0.292 e. The molecule has 0 spiro atoms. The number of halogens is 1. The summed E-state index contributed by atoms with van der Waals surface area (Å²) in [7, 11) is 1.69. The highest BCUT2D eigenvalue weighted by molar-refractivity contribution is 6.30. The molecule has 124 valence electrons. The van der Waals surface area contributed by atoms with E-state index in [0.29, 0.717) is 23.0 Å². The topological polar surface area (TPSA) is 72.4 Å². The lowest BCUT2D eigenvalue weighted by atomic mass is 10.1. The first kappa shape index (κ1) is 16.3. The second-order valence-corrected chi connectivity index (χ2v) is 5.99. The molecule has 0 aliphatic heterocycles. The van der Waals surface area contributed by atoms with E-state index in [1.54, 1.807) is 25.2 Å². The Morgan fingerprint density at radius 2 is 2.00 bits per heavy atom. The van der Waals surface area contributed by atoms with Crippen LogP contribution in [-0.4, -0.2) is 28.2 Å². The number of aromatic nitrogens is 2. The summed E-state index contributed by atoms with van der Waals surface area (Å²) >= 11 is 5.98. The summed E-state index contributed by atoms with van der Waals surface area (Å²) in [6, 6.07) is 8.82. The molecule has 0 aliphatic rings. The molecule has 1 aromatic carbocycles. The lowest BCUT2D eigenvalue weighted by Gasteiger charge is -2.14. The summed E-state index contributed by atoms with van der Waals surface area (Å²) in [5.41, 5.74) is 3.01. The van der Waals surface area contributed by atoms with Crippen LogP contribution < -0.4 is 0 Å². The molecule has 3 rings (SSSR count). The minimum atomic E-state index is -0.268. The summed E-state index contributed by atoms with van der Waals surface area (Å²) in [5, 5.41) is 8.44. The summed E-state index contributed by atoms with van der Waals surface area (Å²) in [6.07, 6.45) is 0. The van der Waals surface area contributed by atoms with Crippen LogP contribution in [0.5, 0.6) is 0 Å². The first-order valence-electron chi connectivity index (χ1n) is 7.35. The summed E-state index contributed by atoms with van der Waals surface area (Å²) in [6.45, 7) is 4.04. The van der Waals surface area contributed by atoms with Gasteiger partial charge < -0.3 is 13.9 Å². The Morgan fingerprint density at radius 3 is 2.67 bits per heavy atom. The van der Waals surface area contributed by atoms with Crippen molar-refractivity contribution in [1.29, 1.82) is 0 Å². The number of hydrogen-bond acceptors (Lipinski definition) is 5. The third-order valence-electron chi connectivity index (χ3n) is 3.76. The molecule has 0 unspecified atom stereocenters. The Hall–Kier alpha value is -2.60. The predicted molar refractivity (Wildman–Crippen MR) is 88.7 cm³/mol. The fourth-order valence-corrected chi connectivity index (χ4v) is 2.57. The number of benzene rings is 1. The van der Waals surface area contributed by atoms with Gasteiger partial charge in [-0.3, -0.25) is 4.79 Å². The first-order valence-corrected chi connectivity index (χ1v) is 7.73. The molecular weight excluding hydrogens is 330 g/mol. The van der Waals surface area contributed by atoms with Gasteiger partial charge in [0.1, 0.15) is 11.5 Å². The van der Waals surface area contributed by atoms with Crippen LogP contribution in [0.15, 0.2) is 39.4 Å². The van der Waals surface area contributed by atoms with Crippen molar-refractivity contribution in [3.63, 3.8) is 0 Å². The van der Waals surface area contributed by atoms with Crippen molar-refractivity contribution in [2.24, 2.45) is 0 Å². The van der Waals surface area contributed by atoms with Crippen LogP contribution in [0, 0.1) is 13.8 Å². The monoisotopic (exact) mass is 345 g/mol. The van der Waals surface area contributed by atoms with Crippen molar-refractivity contribution in [3.8, 4) is 11.3 Å². The van der Waals surface area contributed by atoms with Crippen LogP contribution in [-0.2, 0) is 6.54 Å². The molecule has 0 atom stereocenters. The normalized spacial score (nSPS) is 10.8. The maximum absolute atomic E-state index is 12.5. The lowest BCUT2D eigenvalue weighted by molar-refractivity contribution is 0.0743. The minimum Gasteiger partial charge on any atom is -0.361 e. The second-order valence-electron chi connectivity index (χ2n) is 5.55. The van der Waals surface area contributed by atoms with Gasteiger partial charge in [-0.05, 0) is 26.0 Å². The average Bonchev–Trinajstić information content (AvgIpc) is 3.16.